The average molecular weight is 420 g/mol. The number of piperidine rings is 1. The predicted molar refractivity (Wildman–Crippen MR) is 124 cm³/mol. The molecule has 0 radical (unpaired) electrons. The molecule has 2 aromatic heterocycles. The van der Waals surface area contributed by atoms with Crippen molar-refractivity contribution in [2.75, 3.05) is 18.0 Å². The van der Waals surface area contributed by atoms with E-state index >= 15 is 0 Å². The number of hydrogen-bond acceptors (Lipinski definition) is 6. The molecule has 6 heteroatoms. The molecular formula is C25H33N5O. The topological polar surface area (TPSA) is 67.1 Å². The molecular weight excluding hydrogens is 386 g/mol. The van der Waals surface area contributed by atoms with Crippen molar-refractivity contribution in [2.45, 2.75) is 71.4 Å². The van der Waals surface area contributed by atoms with E-state index in [1.165, 1.54) is 31.2 Å². The molecule has 2 aliphatic rings. The van der Waals surface area contributed by atoms with Crippen LogP contribution < -0.4 is 10.2 Å². The van der Waals surface area contributed by atoms with Crippen molar-refractivity contribution in [3.8, 4) is 11.5 Å². The zero-order chi connectivity index (χ0) is 21.4. The molecule has 1 saturated heterocycles. The Morgan fingerprint density at radius 2 is 1.81 bits per heavy atom. The summed E-state index contributed by atoms with van der Waals surface area (Å²) in [5, 5.41) is 9.10. The normalized spacial score (nSPS) is 22.9. The first-order valence-corrected chi connectivity index (χ1v) is 11.8. The lowest BCUT2D eigenvalue weighted by Crippen LogP contribution is -2.49. The van der Waals surface area contributed by atoms with Crippen molar-refractivity contribution >= 4 is 16.7 Å². The summed E-state index contributed by atoms with van der Waals surface area (Å²) < 4.78 is 5.55. The number of nitrogens with zero attached hydrogens (tertiary/aromatic N) is 4. The molecule has 5 rings (SSSR count). The van der Waals surface area contributed by atoms with Gasteiger partial charge in [0.1, 0.15) is 5.82 Å². The highest BCUT2D eigenvalue weighted by Gasteiger charge is 2.28. The number of rotatable bonds is 4. The maximum absolute atomic E-state index is 5.55. The minimum absolute atomic E-state index is 0.555. The maximum Gasteiger partial charge on any atom is 0.261 e. The number of benzene rings is 1. The third-order valence-electron chi connectivity index (χ3n) is 7.06. The van der Waals surface area contributed by atoms with Crippen molar-refractivity contribution in [2.24, 2.45) is 5.92 Å². The van der Waals surface area contributed by atoms with Gasteiger partial charge in [0.15, 0.2) is 5.82 Å². The molecule has 1 aromatic carbocycles. The second-order valence-corrected chi connectivity index (χ2v) is 9.50. The maximum atomic E-state index is 5.55. The van der Waals surface area contributed by atoms with Gasteiger partial charge in [-0.25, -0.2) is 4.98 Å². The first kappa shape index (κ1) is 20.4. The summed E-state index contributed by atoms with van der Waals surface area (Å²) >= 11 is 0. The summed E-state index contributed by atoms with van der Waals surface area (Å²) in [7, 11) is 0. The number of anilines is 1. The largest absolute Gasteiger partial charge is 0.356 e. The van der Waals surface area contributed by atoms with Gasteiger partial charge in [-0.3, -0.25) is 0 Å². The molecule has 1 aliphatic heterocycles. The van der Waals surface area contributed by atoms with Crippen LogP contribution >= 0.6 is 0 Å². The molecule has 0 spiro atoms. The van der Waals surface area contributed by atoms with Gasteiger partial charge in [-0.2, -0.15) is 4.98 Å². The third kappa shape index (κ3) is 4.31. The van der Waals surface area contributed by atoms with Crippen LogP contribution in [-0.4, -0.2) is 40.3 Å². The van der Waals surface area contributed by atoms with Crippen molar-refractivity contribution < 1.29 is 4.52 Å². The number of nitrogens with one attached hydrogen (secondary N) is 1. The Hall–Kier alpha value is -2.47. The zero-order valence-electron chi connectivity index (χ0n) is 18.9. The molecule has 2 atom stereocenters. The van der Waals surface area contributed by atoms with E-state index in [-0.39, 0.29) is 0 Å². The number of pyridine rings is 1. The van der Waals surface area contributed by atoms with Crippen LogP contribution in [0.4, 0.5) is 5.82 Å². The van der Waals surface area contributed by atoms with Crippen molar-refractivity contribution in [3.05, 3.63) is 35.7 Å². The fourth-order valence-corrected chi connectivity index (χ4v) is 5.22. The summed E-state index contributed by atoms with van der Waals surface area (Å²) in [4.78, 5) is 12.0. The Labute approximate surface area is 184 Å². The number of aromatic nitrogens is 3. The Bertz CT molecular complexity index is 1050. The number of aryl methyl sites for hydroxylation is 2. The van der Waals surface area contributed by atoms with Gasteiger partial charge in [-0.15, -0.1) is 0 Å². The van der Waals surface area contributed by atoms with Crippen molar-refractivity contribution in [1.29, 1.82) is 0 Å². The van der Waals surface area contributed by atoms with Gasteiger partial charge in [0.25, 0.3) is 5.89 Å². The number of hydrogen-bond donors (Lipinski definition) is 1. The Morgan fingerprint density at radius 1 is 1.00 bits per heavy atom. The quantitative estimate of drug-likeness (QED) is 0.639. The van der Waals surface area contributed by atoms with E-state index in [1.54, 1.807) is 0 Å². The highest BCUT2D eigenvalue weighted by molar-refractivity contribution is 5.88. The van der Waals surface area contributed by atoms with Crippen LogP contribution in [-0.2, 0) is 0 Å². The van der Waals surface area contributed by atoms with Crippen LogP contribution in [0.15, 0.2) is 28.8 Å². The van der Waals surface area contributed by atoms with E-state index in [1.807, 2.05) is 6.92 Å². The lowest BCUT2D eigenvalue weighted by molar-refractivity contribution is 0.243. The molecule has 1 N–H and O–H groups in total. The second-order valence-electron chi connectivity index (χ2n) is 9.50. The molecule has 1 saturated carbocycles. The molecule has 3 heterocycles. The molecule has 2 fully saturated rings. The van der Waals surface area contributed by atoms with Crippen LogP contribution in [0.2, 0.25) is 0 Å². The highest BCUT2D eigenvalue weighted by Crippen LogP contribution is 2.34. The summed E-state index contributed by atoms with van der Waals surface area (Å²) in [6.07, 6.45) is 7.73. The SMILES string of the molecule is Cc1ccc2nc(N3CCC(NC4CCCCC4C)CC3)c(-c3nc(C)no3)cc2c1. The molecule has 3 aromatic rings. The highest BCUT2D eigenvalue weighted by atomic mass is 16.5. The van der Waals surface area contributed by atoms with Gasteiger partial charge in [0, 0.05) is 30.6 Å². The molecule has 0 bridgehead atoms. The molecule has 2 unspecified atom stereocenters. The van der Waals surface area contributed by atoms with Gasteiger partial charge in [-0.1, -0.05) is 36.6 Å². The van der Waals surface area contributed by atoms with Gasteiger partial charge >= 0.3 is 0 Å². The van der Waals surface area contributed by atoms with Gasteiger partial charge in [0.05, 0.1) is 11.1 Å². The minimum atomic E-state index is 0.555. The van der Waals surface area contributed by atoms with E-state index < -0.39 is 0 Å². The number of fused-ring (bicyclic) bond motifs is 1. The fraction of sp³-hybridized carbons (Fsp3) is 0.560. The molecule has 6 nitrogen and oxygen atoms in total. The van der Waals surface area contributed by atoms with Crippen LogP contribution in [0, 0.1) is 19.8 Å². The van der Waals surface area contributed by atoms with Crippen LogP contribution in [0.25, 0.3) is 22.4 Å². The summed E-state index contributed by atoms with van der Waals surface area (Å²) in [5.74, 6) is 2.96. The Balaban J connectivity index is 1.39. The Morgan fingerprint density at radius 3 is 2.55 bits per heavy atom. The van der Waals surface area contributed by atoms with E-state index in [2.05, 4.69) is 58.5 Å². The van der Waals surface area contributed by atoms with E-state index in [9.17, 15) is 0 Å². The minimum Gasteiger partial charge on any atom is -0.356 e. The molecule has 164 valence electrons. The lowest BCUT2D eigenvalue weighted by Gasteiger charge is -2.38. The predicted octanol–water partition coefficient (Wildman–Crippen LogP) is 5.04. The molecule has 31 heavy (non-hydrogen) atoms. The van der Waals surface area contributed by atoms with E-state index in [4.69, 9.17) is 9.51 Å². The standard InChI is InChI=1S/C25H33N5O/c1-16-8-9-23-19(14-16)15-21(25-26-18(3)29-31-25)24(28-23)30-12-10-20(11-13-30)27-22-7-5-4-6-17(22)2/h8-9,14-15,17,20,22,27H,4-7,10-13H2,1-3H3. The van der Waals surface area contributed by atoms with E-state index in [0.29, 0.717) is 23.8 Å². The van der Waals surface area contributed by atoms with Gasteiger partial charge < -0.3 is 14.7 Å². The summed E-state index contributed by atoms with van der Waals surface area (Å²) in [6.45, 7) is 8.35. The van der Waals surface area contributed by atoms with E-state index in [0.717, 1.165) is 54.1 Å². The fourth-order valence-electron chi connectivity index (χ4n) is 5.22. The summed E-state index contributed by atoms with van der Waals surface area (Å²) in [5.41, 5.74) is 3.17. The first-order valence-electron chi connectivity index (χ1n) is 11.8. The third-order valence-corrected chi connectivity index (χ3v) is 7.06. The lowest BCUT2D eigenvalue weighted by atomic mass is 9.85. The van der Waals surface area contributed by atoms with Crippen molar-refractivity contribution in [3.63, 3.8) is 0 Å². The van der Waals surface area contributed by atoms with Crippen molar-refractivity contribution in [1.82, 2.24) is 20.4 Å². The second kappa shape index (κ2) is 8.58. The monoisotopic (exact) mass is 419 g/mol. The smallest absolute Gasteiger partial charge is 0.261 e. The first-order chi connectivity index (χ1) is 15.1. The summed E-state index contributed by atoms with van der Waals surface area (Å²) in [6, 6.07) is 9.84. The van der Waals surface area contributed by atoms with Crippen LogP contribution in [0.5, 0.6) is 0 Å². The van der Waals surface area contributed by atoms with Crippen LogP contribution in [0.3, 0.4) is 0 Å². The zero-order valence-corrected chi connectivity index (χ0v) is 18.9. The molecule has 0 amide bonds. The average Bonchev–Trinajstić information content (AvgIpc) is 3.21. The van der Waals surface area contributed by atoms with Gasteiger partial charge in [-0.05, 0) is 63.6 Å². The van der Waals surface area contributed by atoms with Gasteiger partial charge in [0.2, 0.25) is 0 Å². The van der Waals surface area contributed by atoms with Crippen LogP contribution in [0.1, 0.15) is 56.8 Å². The molecule has 1 aliphatic carbocycles. The Kier molecular flexibility index (Phi) is 5.65.